The molecule has 0 spiro atoms. The van der Waals surface area contributed by atoms with E-state index in [1.54, 1.807) is 23.1 Å². The third kappa shape index (κ3) is 6.52. The lowest BCUT2D eigenvalue weighted by atomic mass is 9.98. The summed E-state index contributed by atoms with van der Waals surface area (Å²) in [6, 6.07) is 11.4. The van der Waals surface area contributed by atoms with E-state index in [4.69, 9.17) is 9.72 Å². The van der Waals surface area contributed by atoms with Crippen LogP contribution in [0.4, 0.5) is 18.0 Å². The average molecular weight is 627 g/mol. The number of H-pyrrole nitrogens is 1. The first-order valence-corrected chi connectivity index (χ1v) is 14.4. The van der Waals surface area contributed by atoms with Crippen molar-refractivity contribution in [1.29, 1.82) is 0 Å². The third-order valence-corrected chi connectivity index (χ3v) is 7.93. The zero-order valence-corrected chi connectivity index (χ0v) is 25.3. The molecule has 4 aromatic rings. The van der Waals surface area contributed by atoms with Crippen molar-refractivity contribution in [2.75, 3.05) is 20.8 Å². The summed E-state index contributed by atoms with van der Waals surface area (Å²) >= 11 is 0. The number of likely N-dealkylation sites (tertiary alicyclic amines) is 1. The molecule has 0 saturated carbocycles. The fourth-order valence-electron chi connectivity index (χ4n) is 5.79. The van der Waals surface area contributed by atoms with Gasteiger partial charge >= 0.3 is 18.4 Å². The largest absolute Gasteiger partial charge is 0.573 e. The smallest absolute Gasteiger partial charge is 0.465 e. The minimum absolute atomic E-state index is 0.0819. The van der Waals surface area contributed by atoms with Gasteiger partial charge in [-0.3, -0.25) is 4.79 Å². The second-order valence-electron chi connectivity index (χ2n) is 11.5. The molecule has 0 aliphatic carbocycles. The summed E-state index contributed by atoms with van der Waals surface area (Å²) in [7, 11) is 2.38. The maximum atomic E-state index is 13.7. The summed E-state index contributed by atoms with van der Waals surface area (Å²) < 4.78 is 53.4. The summed E-state index contributed by atoms with van der Waals surface area (Å²) in [6.07, 6.45) is -4.99. The number of aromatic amines is 1. The Morgan fingerprint density at radius 1 is 1.04 bits per heavy atom. The first-order chi connectivity index (χ1) is 21.3. The molecule has 5 rings (SSSR count). The van der Waals surface area contributed by atoms with Gasteiger partial charge in [0, 0.05) is 17.5 Å². The molecule has 1 aliphatic rings. The number of alkyl carbamates (subject to hydrolysis) is 1. The molecule has 1 fully saturated rings. The van der Waals surface area contributed by atoms with Crippen LogP contribution in [0, 0.1) is 11.8 Å². The summed E-state index contributed by atoms with van der Waals surface area (Å²) in [5.74, 6) is -0.944. The molecule has 0 radical (unpaired) electrons. The molecule has 10 nitrogen and oxygen atoms in total. The molecule has 2 N–H and O–H groups in total. The summed E-state index contributed by atoms with van der Waals surface area (Å²) in [5, 5.41) is 4.11. The topological polar surface area (TPSA) is 123 Å². The third-order valence-electron chi connectivity index (χ3n) is 7.93. The minimum atomic E-state index is -4.98. The number of alkyl halides is 3. The fourth-order valence-corrected chi connectivity index (χ4v) is 5.79. The Morgan fingerprint density at radius 3 is 2.47 bits per heavy atom. The molecule has 1 saturated heterocycles. The Labute approximate surface area is 256 Å². The van der Waals surface area contributed by atoms with Crippen LogP contribution < -0.4 is 10.1 Å². The quantitative estimate of drug-likeness (QED) is 0.229. The van der Waals surface area contributed by atoms with Crippen molar-refractivity contribution >= 4 is 39.8 Å². The predicted molar refractivity (Wildman–Crippen MR) is 159 cm³/mol. The number of ether oxygens (including phenoxy) is 3. The number of carbonyl (C=O) groups is 3. The van der Waals surface area contributed by atoms with E-state index in [0.717, 1.165) is 24.1 Å². The summed E-state index contributed by atoms with van der Waals surface area (Å²) in [4.78, 5) is 47.6. The van der Waals surface area contributed by atoms with E-state index in [1.807, 2.05) is 32.9 Å². The molecule has 13 heteroatoms. The van der Waals surface area contributed by atoms with Gasteiger partial charge < -0.3 is 29.4 Å². The van der Waals surface area contributed by atoms with Gasteiger partial charge in [0.2, 0.25) is 5.91 Å². The van der Waals surface area contributed by atoms with Gasteiger partial charge in [-0.1, -0.05) is 39.0 Å². The number of benzene rings is 3. The number of carbonyl (C=O) groups excluding carboxylic acids is 3. The van der Waals surface area contributed by atoms with Crippen LogP contribution in [0.1, 0.15) is 49.4 Å². The second kappa shape index (κ2) is 12.3. The van der Waals surface area contributed by atoms with Gasteiger partial charge in [0.05, 0.1) is 36.9 Å². The van der Waals surface area contributed by atoms with E-state index in [1.165, 1.54) is 19.2 Å². The molecular formula is C32H33F3N4O6. The second-order valence-corrected chi connectivity index (χ2v) is 11.5. The fraction of sp³-hybridized carbons (Fsp3) is 0.375. The number of hydrogen-bond donors (Lipinski definition) is 2. The lowest BCUT2D eigenvalue weighted by Crippen LogP contribution is -2.51. The van der Waals surface area contributed by atoms with Crippen LogP contribution in [-0.2, 0) is 14.3 Å². The lowest BCUT2D eigenvalue weighted by Gasteiger charge is -2.30. The number of nitrogens with zero attached hydrogens (tertiary/aromatic N) is 2. The number of fused-ring (bicyclic) bond motifs is 3. The van der Waals surface area contributed by atoms with Crippen LogP contribution in [0.15, 0.2) is 48.5 Å². The molecule has 2 amide bonds. The minimum Gasteiger partial charge on any atom is -0.465 e. The van der Waals surface area contributed by atoms with Crippen molar-refractivity contribution in [3.05, 3.63) is 59.9 Å². The highest BCUT2D eigenvalue weighted by molar-refractivity contribution is 6.05. The predicted octanol–water partition coefficient (Wildman–Crippen LogP) is 6.36. The molecule has 1 unspecified atom stereocenters. The number of amides is 2. The molecule has 1 aliphatic heterocycles. The van der Waals surface area contributed by atoms with E-state index in [-0.39, 0.29) is 34.9 Å². The number of aromatic nitrogens is 2. The van der Waals surface area contributed by atoms with E-state index in [9.17, 15) is 27.6 Å². The van der Waals surface area contributed by atoms with Crippen LogP contribution in [0.25, 0.3) is 32.9 Å². The number of rotatable bonds is 7. The number of nitrogens with one attached hydrogen (secondary N) is 2. The first kappa shape index (κ1) is 31.6. The Kier molecular flexibility index (Phi) is 8.63. The van der Waals surface area contributed by atoms with Crippen molar-refractivity contribution in [3.63, 3.8) is 0 Å². The van der Waals surface area contributed by atoms with Crippen molar-refractivity contribution in [2.24, 2.45) is 11.8 Å². The van der Waals surface area contributed by atoms with Gasteiger partial charge in [-0.25, -0.2) is 14.6 Å². The van der Waals surface area contributed by atoms with E-state index >= 15 is 0 Å². The number of esters is 1. The van der Waals surface area contributed by atoms with Crippen molar-refractivity contribution in [1.82, 2.24) is 20.2 Å². The van der Waals surface area contributed by atoms with Gasteiger partial charge in [0.25, 0.3) is 0 Å². The van der Waals surface area contributed by atoms with Crippen LogP contribution >= 0.6 is 0 Å². The number of hydrogen-bond acceptors (Lipinski definition) is 7. The van der Waals surface area contributed by atoms with Gasteiger partial charge in [0.1, 0.15) is 17.6 Å². The zero-order valence-electron chi connectivity index (χ0n) is 25.3. The monoisotopic (exact) mass is 626 g/mol. The van der Waals surface area contributed by atoms with Gasteiger partial charge in [-0.2, -0.15) is 0 Å². The first-order valence-electron chi connectivity index (χ1n) is 14.4. The maximum Gasteiger partial charge on any atom is 0.573 e. The molecule has 1 aromatic heterocycles. The number of halogens is 3. The van der Waals surface area contributed by atoms with E-state index in [0.29, 0.717) is 35.3 Å². The van der Waals surface area contributed by atoms with Crippen LogP contribution in [0.3, 0.4) is 0 Å². The molecule has 3 atom stereocenters. The van der Waals surface area contributed by atoms with Crippen molar-refractivity contribution in [2.45, 2.75) is 45.6 Å². The molecule has 238 valence electrons. The molecule has 45 heavy (non-hydrogen) atoms. The normalized spacial score (nSPS) is 17.5. The van der Waals surface area contributed by atoms with Crippen LogP contribution in [-0.4, -0.2) is 66.0 Å². The average Bonchev–Trinajstić information content (AvgIpc) is 3.61. The highest BCUT2D eigenvalue weighted by Gasteiger charge is 2.40. The molecule has 2 heterocycles. The standard InChI is InChI=1S/C32H33F3N4O6/c1-16(2)26(38-31(42)44-5)29(40)39-15-17(3)12-24(39)28-36-23-11-8-19-13-18(6-10-22(19)27(23)37-28)21-9-7-20(30(41)43-4)14-25(21)45-32(33,34)35/h6-11,13-14,16-17,24,26H,12,15H2,1-5H3,(H,36,37)(H,38,42)/t17-,24-,26?/m0/s1. The maximum absolute atomic E-state index is 13.7. The Hall–Kier alpha value is -4.81. The lowest BCUT2D eigenvalue weighted by molar-refractivity contribution is -0.274. The number of methoxy groups -OCH3 is 2. The van der Waals surface area contributed by atoms with Crippen molar-refractivity contribution in [3.8, 4) is 16.9 Å². The molecule has 0 bridgehead atoms. The SMILES string of the molecule is COC(=O)NC(C(=O)N1C[C@@H](C)C[C@H]1c1nc2c(ccc3cc(-c4ccc(C(=O)OC)cc4OC(F)(F)F)ccc32)[nH]1)C(C)C. The van der Waals surface area contributed by atoms with Gasteiger partial charge in [0.15, 0.2) is 0 Å². The molecule has 3 aromatic carbocycles. The van der Waals surface area contributed by atoms with Crippen molar-refractivity contribution < 1.29 is 41.8 Å². The van der Waals surface area contributed by atoms with E-state index < -0.39 is 30.2 Å². The number of imidazole rings is 1. The van der Waals surface area contributed by atoms with E-state index in [2.05, 4.69) is 19.8 Å². The summed E-state index contributed by atoms with van der Waals surface area (Å²) in [5.41, 5.74) is 1.86. The van der Waals surface area contributed by atoms with Gasteiger partial charge in [-0.05, 0) is 59.5 Å². The van der Waals surface area contributed by atoms with Gasteiger partial charge in [-0.15, -0.1) is 13.2 Å². The highest BCUT2D eigenvalue weighted by atomic mass is 19.4. The Morgan fingerprint density at radius 2 is 1.80 bits per heavy atom. The van der Waals surface area contributed by atoms with Crippen LogP contribution in [0.5, 0.6) is 5.75 Å². The molecular weight excluding hydrogens is 593 g/mol. The highest BCUT2D eigenvalue weighted by Crippen LogP contribution is 2.39. The summed E-state index contributed by atoms with van der Waals surface area (Å²) in [6.45, 7) is 6.24. The Balaban J connectivity index is 1.51. The zero-order chi connectivity index (χ0) is 32.6. The van der Waals surface area contributed by atoms with Crippen LogP contribution in [0.2, 0.25) is 0 Å². The Bertz CT molecular complexity index is 1770.